The highest BCUT2D eigenvalue weighted by Crippen LogP contribution is 2.32. The van der Waals surface area contributed by atoms with Gasteiger partial charge in [-0.3, -0.25) is 18.9 Å². The first-order valence-corrected chi connectivity index (χ1v) is 12.9. The van der Waals surface area contributed by atoms with Crippen LogP contribution in [-0.2, 0) is 19.9 Å². The van der Waals surface area contributed by atoms with E-state index in [2.05, 4.69) is 20.3 Å². The molecule has 0 aliphatic carbocycles. The molecule has 0 spiro atoms. The minimum Gasteiger partial charge on any atom is -0.483 e. The lowest BCUT2D eigenvalue weighted by atomic mass is 10.0. The number of aryl methyl sites for hydroxylation is 1. The van der Waals surface area contributed by atoms with Gasteiger partial charge < -0.3 is 14.7 Å². The van der Waals surface area contributed by atoms with Gasteiger partial charge in [-0.2, -0.15) is 4.36 Å². The van der Waals surface area contributed by atoms with Gasteiger partial charge in [0.15, 0.2) is 17.5 Å². The lowest BCUT2D eigenvalue weighted by molar-refractivity contribution is -0.134. The molecule has 0 saturated carbocycles. The first-order chi connectivity index (χ1) is 17.4. The summed E-state index contributed by atoms with van der Waals surface area (Å²) in [5, 5.41) is 10.6. The number of thiol groups is 1. The normalized spacial score (nSPS) is 17.8. The zero-order valence-corrected chi connectivity index (χ0v) is 21.6. The summed E-state index contributed by atoms with van der Waals surface area (Å²) in [4.78, 5) is 21.5. The molecular weight excluding hydrogens is 480 g/mol. The van der Waals surface area contributed by atoms with E-state index in [9.17, 15) is 14.1 Å². The largest absolute Gasteiger partial charge is 0.483 e. The minimum atomic E-state index is -2.19. The van der Waals surface area contributed by atoms with Crippen LogP contribution in [0.1, 0.15) is 23.6 Å². The van der Waals surface area contributed by atoms with E-state index in [1.807, 2.05) is 31.2 Å². The molecular formula is C26H32N4O5S. The summed E-state index contributed by atoms with van der Waals surface area (Å²) in [6, 6.07) is 14.9. The third-order valence-corrected chi connectivity index (χ3v) is 7.06. The number of likely N-dealkylation sites (tertiary alicyclic amines) is 1. The van der Waals surface area contributed by atoms with Gasteiger partial charge in [-0.15, -0.1) is 0 Å². The number of rotatable bonds is 9. The molecule has 0 radical (unpaired) electrons. The van der Waals surface area contributed by atoms with Crippen molar-refractivity contribution in [2.75, 3.05) is 40.4 Å². The molecule has 1 fully saturated rings. The Bertz CT molecular complexity index is 1310. The minimum absolute atomic E-state index is 0.158. The third-order valence-electron chi connectivity index (χ3n) is 6.37. The molecule has 4 rings (SSSR count). The van der Waals surface area contributed by atoms with Crippen LogP contribution in [0, 0.1) is 6.92 Å². The number of aliphatic hydroxyl groups excluding tert-OH is 1. The summed E-state index contributed by atoms with van der Waals surface area (Å²) in [6.07, 6.45) is 2.03. The van der Waals surface area contributed by atoms with Crippen molar-refractivity contribution in [2.45, 2.75) is 25.5 Å². The van der Waals surface area contributed by atoms with Gasteiger partial charge in [0.05, 0.1) is 19.3 Å². The van der Waals surface area contributed by atoms with Crippen molar-refractivity contribution < 1.29 is 23.0 Å². The van der Waals surface area contributed by atoms with Gasteiger partial charge in [-0.25, -0.2) is 4.21 Å². The summed E-state index contributed by atoms with van der Waals surface area (Å²) in [5.74, 6) is 0.315. The molecule has 3 aromatic rings. The number of amides is 1. The SMILES string of the molecule is CO[SH](=O)=Nc1ccc(OCC(=O)N(C)C(CN2CC[C@H](O)C2)c2cccc(C)c2)c2cccnc12. The van der Waals surface area contributed by atoms with Crippen molar-refractivity contribution in [2.24, 2.45) is 4.36 Å². The average Bonchev–Trinajstić information content (AvgIpc) is 3.30. The third kappa shape index (κ3) is 6.19. The second kappa shape index (κ2) is 11.8. The molecule has 192 valence electrons. The lowest BCUT2D eigenvalue weighted by Crippen LogP contribution is -2.41. The number of ether oxygens (including phenoxy) is 1. The zero-order chi connectivity index (χ0) is 25.7. The molecule has 2 heterocycles. The molecule has 1 saturated heterocycles. The van der Waals surface area contributed by atoms with Crippen molar-refractivity contribution in [1.29, 1.82) is 0 Å². The molecule has 9 nitrogen and oxygen atoms in total. The van der Waals surface area contributed by atoms with E-state index >= 15 is 0 Å². The van der Waals surface area contributed by atoms with Crippen LogP contribution in [0.2, 0.25) is 0 Å². The van der Waals surface area contributed by atoms with Gasteiger partial charge >= 0.3 is 0 Å². The van der Waals surface area contributed by atoms with Crippen molar-refractivity contribution in [3.63, 3.8) is 0 Å². The Balaban J connectivity index is 1.53. The standard InChI is InChI=1S/C26H32N4O5S/c1-18-6-4-7-19(14-18)23(16-30-13-11-20(31)15-30)29(2)25(32)17-35-24-10-9-22(28-36(33)34-3)26-21(24)8-5-12-27-26/h4-10,12,14,20,23,31,36H,11,13,15-17H2,1-3H3/t20-,23?/m0/s1. The number of hydrogen-bond acceptors (Lipinski definition) is 8. The second-order valence-corrected chi connectivity index (χ2v) is 9.97. The monoisotopic (exact) mass is 512 g/mol. The van der Waals surface area contributed by atoms with Crippen LogP contribution in [0.25, 0.3) is 10.9 Å². The van der Waals surface area contributed by atoms with Crippen molar-refractivity contribution >= 4 is 33.4 Å². The van der Waals surface area contributed by atoms with Gasteiger partial charge in [0, 0.05) is 38.3 Å². The van der Waals surface area contributed by atoms with E-state index in [1.165, 1.54) is 7.11 Å². The molecule has 10 heteroatoms. The number of benzene rings is 2. The van der Waals surface area contributed by atoms with Crippen LogP contribution >= 0.6 is 0 Å². The smallest absolute Gasteiger partial charge is 0.260 e. The average molecular weight is 513 g/mol. The molecule has 1 aliphatic heterocycles. The first-order valence-electron chi connectivity index (χ1n) is 11.8. The molecule has 2 aromatic carbocycles. The second-order valence-electron chi connectivity index (χ2n) is 8.93. The molecule has 1 aliphatic rings. The predicted octanol–water partition coefficient (Wildman–Crippen LogP) is 3.05. The maximum absolute atomic E-state index is 13.3. The van der Waals surface area contributed by atoms with Crippen LogP contribution in [0.15, 0.2) is 59.1 Å². The van der Waals surface area contributed by atoms with Crippen molar-refractivity contribution in [3.8, 4) is 5.75 Å². The van der Waals surface area contributed by atoms with Gasteiger partial charge in [0.25, 0.3) is 5.91 Å². The fourth-order valence-electron chi connectivity index (χ4n) is 4.43. The maximum atomic E-state index is 13.3. The van der Waals surface area contributed by atoms with E-state index in [-0.39, 0.29) is 24.7 Å². The fraction of sp³-hybridized carbons (Fsp3) is 0.385. The Morgan fingerprint density at radius 1 is 1.31 bits per heavy atom. The number of hydrogen-bond donors (Lipinski definition) is 2. The number of carbonyl (C=O) groups excluding carboxylic acids is 1. The highest BCUT2D eigenvalue weighted by atomic mass is 32.2. The quantitative estimate of drug-likeness (QED) is 0.425. The highest BCUT2D eigenvalue weighted by Gasteiger charge is 2.28. The molecule has 1 N–H and O–H groups in total. The predicted molar refractivity (Wildman–Crippen MR) is 140 cm³/mol. The van der Waals surface area contributed by atoms with Crippen LogP contribution in [0.4, 0.5) is 5.69 Å². The van der Waals surface area contributed by atoms with Crippen LogP contribution in [-0.4, -0.2) is 76.5 Å². The highest BCUT2D eigenvalue weighted by molar-refractivity contribution is 7.69. The van der Waals surface area contributed by atoms with E-state index in [1.54, 1.807) is 36.3 Å². The van der Waals surface area contributed by atoms with Gasteiger partial charge in [0.2, 0.25) is 0 Å². The Labute approximate surface area is 213 Å². The number of β-amino-alcohol motifs (C(OH)–C–C–N with tert-alkyl or cyclic N) is 1. The van der Waals surface area contributed by atoms with Crippen LogP contribution < -0.4 is 4.74 Å². The number of likely N-dealkylation sites (N-methyl/N-ethyl adjacent to an activating group) is 1. The number of nitrogens with zero attached hydrogens (tertiary/aromatic N) is 4. The topological polar surface area (TPSA) is 105 Å². The zero-order valence-electron chi connectivity index (χ0n) is 20.7. The maximum Gasteiger partial charge on any atom is 0.260 e. The molecule has 36 heavy (non-hydrogen) atoms. The van der Waals surface area contributed by atoms with Crippen molar-refractivity contribution in [1.82, 2.24) is 14.8 Å². The summed E-state index contributed by atoms with van der Waals surface area (Å²) >= 11 is 0. The van der Waals surface area contributed by atoms with Crippen molar-refractivity contribution in [3.05, 3.63) is 65.9 Å². The molecule has 1 amide bonds. The Morgan fingerprint density at radius 2 is 2.14 bits per heavy atom. The van der Waals surface area contributed by atoms with E-state index < -0.39 is 10.9 Å². The molecule has 0 bridgehead atoms. The molecule has 3 atom stereocenters. The van der Waals surface area contributed by atoms with Gasteiger partial charge in [0.1, 0.15) is 17.0 Å². The molecule has 2 unspecified atom stereocenters. The van der Waals surface area contributed by atoms with Crippen LogP contribution in [0.3, 0.4) is 0 Å². The number of aromatic nitrogens is 1. The number of aliphatic hydroxyl groups is 1. The first kappa shape index (κ1) is 26.0. The summed E-state index contributed by atoms with van der Waals surface area (Å²) in [7, 11) is 0.921. The van der Waals surface area contributed by atoms with E-state index in [4.69, 9.17) is 8.92 Å². The Hall–Kier alpha value is -3.05. The fourth-order valence-corrected chi connectivity index (χ4v) is 4.85. The summed E-state index contributed by atoms with van der Waals surface area (Å²) in [6.45, 7) is 3.90. The van der Waals surface area contributed by atoms with Gasteiger partial charge in [-0.05, 0) is 43.2 Å². The lowest BCUT2D eigenvalue weighted by Gasteiger charge is -2.32. The summed E-state index contributed by atoms with van der Waals surface area (Å²) in [5.41, 5.74) is 3.11. The number of pyridine rings is 1. The molecule has 1 aromatic heterocycles. The summed E-state index contributed by atoms with van der Waals surface area (Å²) < 4.78 is 26.6. The van der Waals surface area contributed by atoms with Gasteiger partial charge in [-0.1, -0.05) is 29.8 Å². The van der Waals surface area contributed by atoms with E-state index in [0.29, 0.717) is 35.4 Å². The number of carbonyl (C=O) groups is 1. The van der Waals surface area contributed by atoms with Crippen LogP contribution in [0.5, 0.6) is 5.75 Å². The number of fused-ring (bicyclic) bond motifs is 1. The van der Waals surface area contributed by atoms with E-state index in [0.717, 1.165) is 24.1 Å². The Morgan fingerprint density at radius 3 is 2.86 bits per heavy atom. The Kier molecular flexibility index (Phi) is 8.52.